The molecule has 3 fully saturated rings. The quantitative estimate of drug-likeness (QED) is 0.0741. The van der Waals surface area contributed by atoms with E-state index in [2.05, 4.69) is 21.4 Å². The number of halogens is 5. The number of ketones is 2. The molecule has 2 N–H and O–H groups in total. The number of aliphatic hydroxyl groups excluding tert-OH is 1. The summed E-state index contributed by atoms with van der Waals surface area (Å²) in [5.41, 5.74) is 2.62. The lowest BCUT2D eigenvalue weighted by Gasteiger charge is -2.59. The topological polar surface area (TPSA) is 122 Å². The molecular weight excluding hydrogens is 984 g/mol. The molecule has 8 atom stereocenters. The number of rotatable bonds is 18. The highest BCUT2D eigenvalue weighted by atomic mass is 35.5. The van der Waals surface area contributed by atoms with Crippen molar-refractivity contribution in [3.8, 4) is 0 Å². The van der Waals surface area contributed by atoms with Gasteiger partial charge in [0.2, 0.25) is 5.78 Å². The van der Waals surface area contributed by atoms with Crippen molar-refractivity contribution in [3.05, 3.63) is 141 Å². The number of hydrogen-bond donors (Lipinski definition) is 2. The van der Waals surface area contributed by atoms with E-state index in [9.17, 15) is 24.6 Å². The van der Waals surface area contributed by atoms with E-state index in [1.165, 1.54) is 5.56 Å². The number of fused-ring (bicyclic) bond motifs is 5. The molecule has 0 radical (unpaired) electrons. The van der Waals surface area contributed by atoms with Gasteiger partial charge < -0.3 is 24.4 Å². The Kier molecular flexibility index (Phi) is 18.0. The van der Waals surface area contributed by atoms with E-state index < -0.39 is 40.9 Å². The summed E-state index contributed by atoms with van der Waals surface area (Å²) in [5.74, 6) is 1.04. The molecule has 4 aliphatic rings. The number of alkyl halides is 2. The average molecular weight is 1040 g/mol. The van der Waals surface area contributed by atoms with Crippen molar-refractivity contribution >= 4 is 93.0 Å². The predicted molar refractivity (Wildman–Crippen MR) is 276 cm³/mol. The van der Waals surface area contributed by atoms with Crippen molar-refractivity contribution in [2.75, 3.05) is 36.4 Å². The molecule has 3 aromatic carbocycles. The molecule has 364 valence electrons. The third-order valence-corrected chi connectivity index (χ3v) is 17.4. The molecule has 0 aliphatic heterocycles. The van der Waals surface area contributed by atoms with Gasteiger partial charge in [-0.1, -0.05) is 90.6 Å². The minimum Gasteiger partial charge on any atom is -0.458 e. The molecule has 68 heavy (non-hydrogen) atoms. The number of carbonyl (C=O) groups is 3. The van der Waals surface area contributed by atoms with Crippen LogP contribution in [-0.4, -0.2) is 80.5 Å². The van der Waals surface area contributed by atoms with Crippen LogP contribution in [0, 0.1) is 28.6 Å². The van der Waals surface area contributed by atoms with Crippen LogP contribution in [0.25, 0.3) is 0 Å². The van der Waals surface area contributed by atoms with Crippen LogP contribution in [0.15, 0.2) is 109 Å². The number of hydrogen-bond acceptors (Lipinski definition) is 9. The Morgan fingerprint density at radius 1 is 0.971 bits per heavy atom. The maximum absolute atomic E-state index is 13.5. The predicted octanol–water partition coefficient (Wildman–Crippen LogP) is 11.9. The van der Waals surface area contributed by atoms with Gasteiger partial charge >= 0.3 is 5.97 Å². The summed E-state index contributed by atoms with van der Waals surface area (Å²) in [7, 11) is 0. The van der Waals surface area contributed by atoms with Gasteiger partial charge in [-0.25, -0.2) is 4.98 Å². The zero-order valence-electron chi connectivity index (χ0n) is 38.5. The lowest BCUT2D eigenvalue weighted by molar-refractivity contribution is -0.181. The summed E-state index contributed by atoms with van der Waals surface area (Å²) in [6, 6.07) is 21.7. The van der Waals surface area contributed by atoms with E-state index in [-0.39, 0.29) is 48.0 Å². The number of allylic oxidation sites excluding steroid dienone is 4. The number of carbonyl (C=O) groups excluding carboxylic acids is 3. The monoisotopic (exact) mass is 1040 g/mol. The molecule has 3 saturated carbocycles. The van der Waals surface area contributed by atoms with E-state index >= 15 is 0 Å². The van der Waals surface area contributed by atoms with Crippen LogP contribution in [0.5, 0.6) is 0 Å². The lowest BCUT2D eigenvalue weighted by atomic mass is 9.46. The van der Waals surface area contributed by atoms with E-state index in [0.717, 1.165) is 52.5 Å². The van der Waals surface area contributed by atoms with Crippen molar-refractivity contribution in [1.29, 1.82) is 0 Å². The van der Waals surface area contributed by atoms with E-state index in [1.807, 2.05) is 97.9 Å². The maximum Gasteiger partial charge on any atom is 0.306 e. The summed E-state index contributed by atoms with van der Waals surface area (Å²) >= 11 is 32.1. The maximum atomic E-state index is 13.5. The number of benzene rings is 3. The summed E-state index contributed by atoms with van der Waals surface area (Å²) in [6.07, 6.45) is 14.4. The smallest absolute Gasteiger partial charge is 0.306 e. The van der Waals surface area contributed by atoms with Crippen LogP contribution in [0.2, 0.25) is 15.1 Å². The van der Waals surface area contributed by atoms with Gasteiger partial charge in [0.15, 0.2) is 12.4 Å². The number of nitrogens with zero attached hydrogens (tertiary/aromatic N) is 3. The Labute approximate surface area is 429 Å². The normalized spacial score (nSPS) is 26.4. The van der Waals surface area contributed by atoms with Gasteiger partial charge in [0.05, 0.1) is 12.4 Å². The molecule has 0 amide bonds. The Morgan fingerprint density at radius 3 is 2.35 bits per heavy atom. The van der Waals surface area contributed by atoms with Gasteiger partial charge in [0.1, 0.15) is 5.60 Å². The summed E-state index contributed by atoms with van der Waals surface area (Å²) < 4.78 is 7.45. The van der Waals surface area contributed by atoms with Crippen molar-refractivity contribution in [1.82, 2.24) is 9.55 Å². The molecule has 1 aromatic heterocycles. The van der Waals surface area contributed by atoms with Crippen LogP contribution >= 0.6 is 69.8 Å². The first-order chi connectivity index (χ1) is 32.6. The van der Waals surface area contributed by atoms with Crippen LogP contribution in [-0.2, 0) is 37.8 Å². The largest absolute Gasteiger partial charge is 0.458 e. The SMILES string of the molecule is C[C@]12C=CC(=O)C=C1CC[C@@H]1[C@@H]2[C@@H](O)C[C@@]2(C)[C@H]1CC[C@]2(O)C(=O)COC(=O)CCCc1ccc(N(CCCl)CCCl)cc1.Clc1ccc(CSC(Cn2ccnc2)c2ccc(Cl)cc2Cl)cc1. The zero-order chi connectivity index (χ0) is 48.6. The lowest BCUT2D eigenvalue weighted by Crippen LogP contribution is -2.61. The van der Waals surface area contributed by atoms with Gasteiger partial charge in [0, 0.05) is 98.7 Å². The van der Waals surface area contributed by atoms with Crippen LogP contribution in [0.3, 0.4) is 0 Å². The Hall–Kier alpha value is -3.32. The minimum atomic E-state index is -1.66. The summed E-state index contributed by atoms with van der Waals surface area (Å²) in [4.78, 5) is 44.4. The van der Waals surface area contributed by atoms with Crippen LogP contribution < -0.4 is 4.90 Å². The molecule has 0 spiro atoms. The first-order valence-corrected chi connectivity index (χ1v) is 26.6. The second kappa shape index (κ2) is 23.3. The first-order valence-electron chi connectivity index (χ1n) is 23.3. The van der Waals surface area contributed by atoms with E-state index in [0.29, 0.717) is 54.2 Å². The van der Waals surface area contributed by atoms with Crippen molar-refractivity contribution in [2.45, 2.75) is 94.5 Å². The Balaban J connectivity index is 0.000000240. The van der Waals surface area contributed by atoms with E-state index in [4.69, 9.17) is 62.7 Å². The average Bonchev–Trinajstić information content (AvgIpc) is 3.93. The number of anilines is 1. The van der Waals surface area contributed by atoms with Crippen molar-refractivity contribution < 1.29 is 29.3 Å². The number of thioether (sulfide) groups is 1. The van der Waals surface area contributed by atoms with E-state index in [1.54, 1.807) is 24.4 Å². The Morgan fingerprint density at radius 2 is 1.68 bits per heavy atom. The third kappa shape index (κ3) is 11.9. The fraction of sp³-hybridized carbons (Fsp3) is 0.472. The van der Waals surface area contributed by atoms with Gasteiger partial charge in [-0.2, -0.15) is 0 Å². The number of Topliss-reactive ketones (excluding diaryl/α,β-unsaturated/α-hetero) is 1. The molecule has 15 heteroatoms. The van der Waals surface area contributed by atoms with Gasteiger partial charge in [-0.05, 0) is 122 Å². The summed E-state index contributed by atoms with van der Waals surface area (Å²) in [6.45, 7) is 5.78. The molecule has 1 unspecified atom stereocenters. The minimum absolute atomic E-state index is 0.0103. The third-order valence-electron chi connectivity index (χ3n) is 14.9. The molecule has 4 aromatic rings. The second-order valence-corrected chi connectivity index (χ2v) is 22.2. The van der Waals surface area contributed by atoms with Gasteiger partial charge in [0.25, 0.3) is 0 Å². The number of aryl methyl sites for hydroxylation is 1. The molecule has 9 nitrogen and oxygen atoms in total. The summed E-state index contributed by atoms with van der Waals surface area (Å²) in [5, 5.41) is 25.7. The Bertz CT molecular complexity index is 2430. The number of esters is 1. The molecule has 1 heterocycles. The highest BCUT2D eigenvalue weighted by molar-refractivity contribution is 7.98. The highest BCUT2D eigenvalue weighted by Gasteiger charge is 2.68. The number of ether oxygens (including phenoxy) is 1. The standard InChI is InChI=1S/C35H45Cl2NO6.C18H15Cl3N2S/c1-33-14-12-26(39)20-24(33)8-11-27-28-13-15-35(43,34(28,2)21-29(40)32(27)33)30(41)22-44-31(42)5-3-4-23-6-9-25(10-7-23)38(18-16-36)19-17-37;19-14-3-1-13(2-4-14)11-24-18(10-23-8-7-22-12-23)16-6-5-15(20)9-17(16)21/h6-7,9-10,12,14,20,27-29,32,40,43H,3-5,8,11,13,15-19,21-22H2,1-2H3;1-9,12,18H,10-11H2/t27-,28-,29-,32+,33-,34-,35-;/m0./s1. The number of aliphatic hydroxyl groups is 2. The number of aromatic nitrogens is 2. The first kappa shape index (κ1) is 52.5. The van der Waals surface area contributed by atoms with Crippen molar-refractivity contribution in [2.24, 2.45) is 28.6 Å². The van der Waals surface area contributed by atoms with Gasteiger partial charge in [-0.15, -0.1) is 35.0 Å². The molecular formula is C53H60Cl5N3O6S. The second-order valence-electron chi connectivity index (χ2n) is 18.9. The van der Waals surface area contributed by atoms with Crippen molar-refractivity contribution in [3.63, 3.8) is 0 Å². The van der Waals surface area contributed by atoms with Crippen LogP contribution in [0.1, 0.15) is 80.7 Å². The van der Waals surface area contributed by atoms with Gasteiger partial charge in [-0.3, -0.25) is 14.4 Å². The molecule has 8 rings (SSSR count). The molecule has 0 bridgehead atoms. The molecule has 0 saturated heterocycles. The number of imidazole rings is 1. The molecule has 4 aliphatic carbocycles. The zero-order valence-corrected chi connectivity index (χ0v) is 43.1. The fourth-order valence-electron chi connectivity index (χ4n) is 11.4. The highest BCUT2D eigenvalue weighted by Crippen LogP contribution is 2.67. The fourth-order valence-corrected chi connectivity index (χ4v) is 13.8. The van der Waals surface area contributed by atoms with Crippen LogP contribution in [0.4, 0.5) is 5.69 Å².